The predicted molar refractivity (Wildman–Crippen MR) is 59.5 cm³/mol. The number of nitrogens with one attached hydrogen (secondary N) is 1. The van der Waals surface area contributed by atoms with Crippen molar-refractivity contribution in [3.8, 4) is 0 Å². The summed E-state index contributed by atoms with van der Waals surface area (Å²) in [6.45, 7) is 4.01. The molecule has 2 rings (SSSR count). The van der Waals surface area contributed by atoms with Crippen molar-refractivity contribution in [1.29, 1.82) is 0 Å². The third-order valence-electron chi connectivity index (χ3n) is 3.20. The van der Waals surface area contributed by atoms with Crippen molar-refractivity contribution in [2.45, 2.75) is 13.0 Å². The van der Waals surface area contributed by atoms with Crippen molar-refractivity contribution < 1.29 is 19.4 Å². The number of carbonyl (C=O) groups is 2. The smallest absolute Gasteiger partial charge is 0.328 e. The highest BCUT2D eigenvalue weighted by atomic mass is 16.5. The van der Waals surface area contributed by atoms with Gasteiger partial charge in [-0.05, 0) is 12.5 Å². The molecule has 2 aliphatic rings. The fraction of sp³-hybridized carbons (Fsp3) is 0.636. The second-order valence-electron chi connectivity index (χ2n) is 4.26. The number of aliphatic carboxylic acids is 1. The third-order valence-corrected chi connectivity index (χ3v) is 3.20. The summed E-state index contributed by atoms with van der Waals surface area (Å²) in [7, 11) is 0. The van der Waals surface area contributed by atoms with Crippen LogP contribution < -0.4 is 5.32 Å². The Kier molecular flexibility index (Phi) is 3.44. The number of hydrogen-bond donors (Lipinski definition) is 2. The second kappa shape index (κ2) is 4.85. The maximum atomic E-state index is 12.2. The highest BCUT2D eigenvalue weighted by Crippen LogP contribution is 2.16. The fourth-order valence-electron chi connectivity index (χ4n) is 1.93. The first-order valence-electron chi connectivity index (χ1n) is 5.62. The van der Waals surface area contributed by atoms with E-state index in [0.29, 0.717) is 18.7 Å². The van der Waals surface area contributed by atoms with E-state index in [2.05, 4.69) is 5.32 Å². The molecule has 0 bridgehead atoms. The SMILES string of the molecule is CC(C(=O)N1CCOCC1C(=O)O)=C1CNC1. The summed E-state index contributed by atoms with van der Waals surface area (Å²) >= 11 is 0. The largest absolute Gasteiger partial charge is 0.480 e. The number of ether oxygens (including phenoxy) is 1. The Hall–Kier alpha value is -1.40. The lowest BCUT2D eigenvalue weighted by atomic mass is 10.0. The predicted octanol–water partition coefficient (Wildman–Crippen LogP) is -0.782. The molecular weight excluding hydrogens is 224 g/mol. The molecule has 0 saturated carbocycles. The Labute approximate surface area is 99.2 Å². The lowest BCUT2D eigenvalue weighted by Crippen LogP contribution is -2.53. The van der Waals surface area contributed by atoms with Crippen molar-refractivity contribution in [3.05, 3.63) is 11.1 Å². The molecule has 0 aliphatic carbocycles. The van der Waals surface area contributed by atoms with Gasteiger partial charge in [0.1, 0.15) is 0 Å². The molecule has 6 heteroatoms. The van der Waals surface area contributed by atoms with Crippen LogP contribution in [0.4, 0.5) is 0 Å². The fourth-order valence-corrected chi connectivity index (χ4v) is 1.93. The van der Waals surface area contributed by atoms with Gasteiger partial charge in [-0.15, -0.1) is 0 Å². The zero-order valence-corrected chi connectivity index (χ0v) is 9.73. The summed E-state index contributed by atoms with van der Waals surface area (Å²) in [5.41, 5.74) is 1.72. The molecule has 2 aliphatic heterocycles. The Morgan fingerprint density at radius 2 is 2.18 bits per heavy atom. The van der Waals surface area contributed by atoms with E-state index < -0.39 is 12.0 Å². The molecule has 2 heterocycles. The van der Waals surface area contributed by atoms with Crippen LogP contribution >= 0.6 is 0 Å². The Morgan fingerprint density at radius 3 is 2.71 bits per heavy atom. The maximum absolute atomic E-state index is 12.2. The first-order valence-corrected chi connectivity index (χ1v) is 5.62. The zero-order valence-electron chi connectivity index (χ0n) is 9.73. The topological polar surface area (TPSA) is 78.9 Å². The number of carboxylic acid groups (broad SMARTS) is 1. The average Bonchev–Trinajstić information content (AvgIpc) is 2.25. The minimum atomic E-state index is -1.01. The Morgan fingerprint density at radius 1 is 1.47 bits per heavy atom. The number of carboxylic acids is 1. The van der Waals surface area contributed by atoms with Crippen molar-refractivity contribution in [3.63, 3.8) is 0 Å². The van der Waals surface area contributed by atoms with Crippen LogP contribution in [0.3, 0.4) is 0 Å². The molecule has 0 aromatic rings. The number of nitrogens with zero attached hydrogens (tertiary/aromatic N) is 1. The van der Waals surface area contributed by atoms with Gasteiger partial charge in [-0.2, -0.15) is 0 Å². The summed E-state index contributed by atoms with van der Waals surface area (Å²) in [5.74, 6) is -1.19. The van der Waals surface area contributed by atoms with E-state index in [0.717, 1.165) is 18.7 Å². The van der Waals surface area contributed by atoms with Crippen molar-refractivity contribution in [2.24, 2.45) is 0 Å². The lowest BCUT2D eigenvalue weighted by Gasteiger charge is -2.34. The van der Waals surface area contributed by atoms with Gasteiger partial charge in [-0.3, -0.25) is 4.79 Å². The van der Waals surface area contributed by atoms with Gasteiger partial charge in [0.2, 0.25) is 5.91 Å². The summed E-state index contributed by atoms with van der Waals surface area (Å²) in [5, 5.41) is 12.1. The van der Waals surface area contributed by atoms with Crippen LogP contribution in [0.2, 0.25) is 0 Å². The molecule has 2 saturated heterocycles. The van der Waals surface area contributed by atoms with Crippen molar-refractivity contribution >= 4 is 11.9 Å². The van der Waals surface area contributed by atoms with E-state index in [1.807, 2.05) is 0 Å². The molecule has 1 amide bonds. The van der Waals surface area contributed by atoms with E-state index in [9.17, 15) is 9.59 Å². The highest BCUT2D eigenvalue weighted by molar-refractivity contribution is 5.96. The van der Waals surface area contributed by atoms with Crippen LogP contribution in [-0.4, -0.2) is 60.8 Å². The molecule has 0 radical (unpaired) electrons. The van der Waals surface area contributed by atoms with Crippen molar-refractivity contribution in [1.82, 2.24) is 10.2 Å². The molecule has 0 aromatic carbocycles. The van der Waals surface area contributed by atoms with Crippen LogP contribution in [0.5, 0.6) is 0 Å². The van der Waals surface area contributed by atoms with E-state index in [1.54, 1.807) is 6.92 Å². The van der Waals surface area contributed by atoms with Gasteiger partial charge in [0, 0.05) is 25.2 Å². The summed E-state index contributed by atoms with van der Waals surface area (Å²) in [6, 6.07) is -0.861. The van der Waals surface area contributed by atoms with E-state index in [4.69, 9.17) is 9.84 Å². The first-order chi connectivity index (χ1) is 8.11. The summed E-state index contributed by atoms with van der Waals surface area (Å²) < 4.78 is 5.10. The van der Waals surface area contributed by atoms with Crippen LogP contribution in [0.25, 0.3) is 0 Å². The number of rotatable bonds is 2. The molecule has 17 heavy (non-hydrogen) atoms. The Balaban J connectivity index is 2.13. The monoisotopic (exact) mass is 240 g/mol. The minimum Gasteiger partial charge on any atom is -0.480 e. The van der Waals surface area contributed by atoms with Gasteiger partial charge in [0.15, 0.2) is 6.04 Å². The molecule has 2 fully saturated rings. The highest BCUT2D eigenvalue weighted by Gasteiger charge is 2.34. The molecular formula is C11H16N2O4. The zero-order chi connectivity index (χ0) is 12.4. The Bertz CT molecular complexity index is 372. The number of carbonyl (C=O) groups excluding carboxylic acids is 1. The van der Waals surface area contributed by atoms with Crippen LogP contribution in [-0.2, 0) is 14.3 Å². The van der Waals surface area contributed by atoms with Crippen LogP contribution in [0.1, 0.15) is 6.92 Å². The lowest BCUT2D eigenvalue weighted by molar-refractivity contribution is -0.156. The molecule has 6 nitrogen and oxygen atoms in total. The van der Waals surface area contributed by atoms with Gasteiger partial charge in [0.25, 0.3) is 0 Å². The molecule has 0 spiro atoms. The van der Waals surface area contributed by atoms with E-state index in [-0.39, 0.29) is 12.5 Å². The van der Waals surface area contributed by atoms with Crippen LogP contribution in [0.15, 0.2) is 11.1 Å². The quantitative estimate of drug-likeness (QED) is 0.619. The van der Waals surface area contributed by atoms with Gasteiger partial charge >= 0.3 is 5.97 Å². The normalized spacial score (nSPS) is 24.2. The second-order valence-corrected chi connectivity index (χ2v) is 4.26. The molecule has 94 valence electrons. The van der Waals surface area contributed by atoms with E-state index >= 15 is 0 Å². The number of hydrogen-bond acceptors (Lipinski definition) is 4. The summed E-state index contributed by atoms with van der Waals surface area (Å²) in [6.07, 6.45) is 0. The van der Waals surface area contributed by atoms with Gasteiger partial charge < -0.3 is 20.1 Å². The number of amides is 1. The van der Waals surface area contributed by atoms with Gasteiger partial charge in [0.05, 0.1) is 13.2 Å². The molecule has 2 N–H and O–H groups in total. The number of morpholine rings is 1. The van der Waals surface area contributed by atoms with Crippen molar-refractivity contribution in [2.75, 3.05) is 32.8 Å². The summed E-state index contributed by atoms with van der Waals surface area (Å²) in [4.78, 5) is 24.6. The minimum absolute atomic E-state index is 0.0714. The maximum Gasteiger partial charge on any atom is 0.328 e. The van der Waals surface area contributed by atoms with Gasteiger partial charge in [-0.1, -0.05) is 0 Å². The molecule has 1 unspecified atom stereocenters. The van der Waals surface area contributed by atoms with Gasteiger partial charge in [-0.25, -0.2) is 4.79 Å². The molecule has 1 atom stereocenters. The molecule has 0 aromatic heterocycles. The average molecular weight is 240 g/mol. The van der Waals surface area contributed by atoms with E-state index in [1.165, 1.54) is 4.90 Å². The first kappa shape index (κ1) is 12.1. The third kappa shape index (κ3) is 2.32. The standard InChI is InChI=1S/C11H16N2O4/c1-7(8-4-12-5-8)10(14)13-2-3-17-6-9(13)11(15)16/h9,12H,2-6H2,1H3,(H,15,16). The van der Waals surface area contributed by atoms with Crippen LogP contribution in [0, 0.1) is 0 Å².